The van der Waals surface area contributed by atoms with Crippen molar-refractivity contribution < 1.29 is 19.1 Å². The summed E-state index contributed by atoms with van der Waals surface area (Å²) >= 11 is 6.17. The number of nitrogens with zero attached hydrogens (tertiary/aromatic N) is 1. The Morgan fingerprint density at radius 3 is 2.23 bits per heavy atom. The van der Waals surface area contributed by atoms with Crippen molar-refractivity contribution in [2.75, 3.05) is 16.8 Å². The normalized spacial score (nSPS) is 14.0. The van der Waals surface area contributed by atoms with Crippen molar-refractivity contribution in [3.63, 3.8) is 0 Å². The van der Waals surface area contributed by atoms with Gasteiger partial charge in [-0.1, -0.05) is 44.5 Å². The summed E-state index contributed by atoms with van der Waals surface area (Å²) < 4.78 is 5.08. The smallest absolute Gasteiger partial charge is 0.338 e. The number of halogens is 1. The molecule has 0 unspecified atom stereocenters. The Hall–Kier alpha value is -3.12. The second-order valence-electron chi connectivity index (χ2n) is 7.22. The molecule has 0 bridgehead atoms. The molecule has 0 aliphatic carbocycles. The zero-order chi connectivity index (χ0) is 21.8. The van der Waals surface area contributed by atoms with E-state index in [1.165, 1.54) is 24.3 Å². The first-order valence-electron chi connectivity index (χ1n) is 9.76. The van der Waals surface area contributed by atoms with Crippen molar-refractivity contribution in [1.29, 1.82) is 0 Å². The van der Waals surface area contributed by atoms with Gasteiger partial charge in [0.05, 0.1) is 17.9 Å². The number of nitrogens with one attached hydrogen (secondary N) is 1. The van der Waals surface area contributed by atoms with Crippen molar-refractivity contribution in [1.82, 2.24) is 0 Å². The van der Waals surface area contributed by atoms with E-state index in [4.69, 9.17) is 16.3 Å². The molecule has 7 heteroatoms. The molecule has 6 nitrogen and oxygen atoms in total. The Morgan fingerprint density at radius 1 is 1.03 bits per heavy atom. The number of imide groups is 1. The number of ether oxygens (including phenoxy) is 1. The molecule has 2 amide bonds. The Kier molecular flexibility index (Phi) is 6.57. The number of amides is 2. The third kappa shape index (κ3) is 4.39. The van der Waals surface area contributed by atoms with Gasteiger partial charge in [-0.25, -0.2) is 9.69 Å². The first kappa shape index (κ1) is 21.6. The maximum atomic E-state index is 12.9. The quantitative estimate of drug-likeness (QED) is 0.507. The maximum absolute atomic E-state index is 12.9. The fraction of sp³-hybridized carbons (Fsp3) is 0.261. The number of hydrogen-bond acceptors (Lipinski definition) is 5. The first-order chi connectivity index (χ1) is 14.3. The Morgan fingerprint density at radius 2 is 1.67 bits per heavy atom. The van der Waals surface area contributed by atoms with E-state index in [9.17, 15) is 14.4 Å². The number of anilines is 2. The van der Waals surface area contributed by atoms with E-state index in [2.05, 4.69) is 19.2 Å². The lowest BCUT2D eigenvalue weighted by atomic mass is 10.0. The summed E-state index contributed by atoms with van der Waals surface area (Å²) in [5.41, 5.74) is 2.50. The van der Waals surface area contributed by atoms with Gasteiger partial charge in [0.1, 0.15) is 10.7 Å². The summed E-state index contributed by atoms with van der Waals surface area (Å²) in [6.45, 7) is 6.42. The van der Waals surface area contributed by atoms with Gasteiger partial charge in [-0.2, -0.15) is 0 Å². The van der Waals surface area contributed by atoms with Crippen LogP contribution in [0.1, 0.15) is 49.0 Å². The minimum atomic E-state index is -0.621. The van der Waals surface area contributed by atoms with Crippen LogP contribution in [0.4, 0.5) is 11.4 Å². The predicted molar refractivity (Wildman–Crippen MR) is 117 cm³/mol. The van der Waals surface area contributed by atoms with Gasteiger partial charge in [0.25, 0.3) is 11.8 Å². The van der Waals surface area contributed by atoms with E-state index in [0.29, 0.717) is 29.5 Å². The number of carbonyl (C=O) groups excluding carboxylic acids is 3. The first-order valence-corrected chi connectivity index (χ1v) is 10.1. The summed E-state index contributed by atoms with van der Waals surface area (Å²) in [5.74, 6) is -1.25. The molecular formula is C23H23ClN2O4. The third-order valence-corrected chi connectivity index (χ3v) is 5.02. The molecule has 30 heavy (non-hydrogen) atoms. The van der Waals surface area contributed by atoms with Gasteiger partial charge in [0.15, 0.2) is 0 Å². The molecule has 0 saturated carbocycles. The highest BCUT2D eigenvalue weighted by atomic mass is 35.5. The minimum Gasteiger partial charge on any atom is -0.462 e. The van der Waals surface area contributed by atoms with Gasteiger partial charge >= 0.3 is 5.97 Å². The average Bonchev–Trinajstić information content (AvgIpc) is 2.95. The molecule has 0 aromatic heterocycles. The molecule has 1 aliphatic heterocycles. The van der Waals surface area contributed by atoms with Crippen molar-refractivity contribution in [2.45, 2.75) is 33.1 Å². The minimum absolute atomic E-state index is 0.0189. The van der Waals surface area contributed by atoms with E-state index in [1.54, 1.807) is 0 Å². The highest BCUT2D eigenvalue weighted by Crippen LogP contribution is 2.30. The van der Waals surface area contributed by atoms with Crippen LogP contribution in [0.2, 0.25) is 0 Å². The molecule has 1 heterocycles. The van der Waals surface area contributed by atoms with Crippen LogP contribution in [0.5, 0.6) is 0 Å². The van der Waals surface area contributed by atoms with Crippen molar-refractivity contribution in [3.05, 3.63) is 70.4 Å². The van der Waals surface area contributed by atoms with E-state index < -0.39 is 17.8 Å². The molecule has 1 N–H and O–H groups in total. The van der Waals surface area contributed by atoms with E-state index >= 15 is 0 Å². The van der Waals surface area contributed by atoms with Crippen molar-refractivity contribution in [2.24, 2.45) is 0 Å². The number of carbonyl (C=O) groups is 3. The molecular weight excluding hydrogens is 404 g/mol. The Balaban J connectivity index is 1.77. The highest BCUT2D eigenvalue weighted by Gasteiger charge is 2.39. The van der Waals surface area contributed by atoms with Gasteiger partial charge in [-0.05, 0) is 54.3 Å². The molecule has 0 saturated heterocycles. The summed E-state index contributed by atoms with van der Waals surface area (Å²) in [5, 5.41) is 2.77. The predicted octanol–water partition coefficient (Wildman–Crippen LogP) is 4.81. The van der Waals surface area contributed by atoms with Crippen LogP contribution in [0.25, 0.3) is 0 Å². The summed E-state index contributed by atoms with van der Waals surface area (Å²) in [6.07, 6.45) is 0.723. The van der Waals surface area contributed by atoms with Gasteiger partial charge in [-0.3, -0.25) is 9.59 Å². The van der Waals surface area contributed by atoms with Gasteiger partial charge < -0.3 is 10.1 Å². The van der Waals surface area contributed by atoms with Crippen molar-refractivity contribution in [3.8, 4) is 0 Å². The van der Waals surface area contributed by atoms with Gasteiger partial charge in [-0.15, -0.1) is 0 Å². The standard InChI is InChI=1S/C23H23ClN2O4/c1-4-13-30-23(29)16-7-11-18(12-8-16)26-21(27)19(24)20(22(26)28)25-17-9-5-15(6-10-17)14(2)3/h5-12,14,25H,4,13H2,1-3H3. The zero-order valence-corrected chi connectivity index (χ0v) is 17.8. The molecule has 0 radical (unpaired) electrons. The largest absolute Gasteiger partial charge is 0.462 e. The monoisotopic (exact) mass is 426 g/mol. The van der Waals surface area contributed by atoms with Crippen LogP contribution in [0, 0.1) is 0 Å². The number of hydrogen-bond donors (Lipinski definition) is 1. The molecule has 3 rings (SSSR count). The van der Waals surface area contributed by atoms with E-state index in [-0.39, 0.29) is 10.7 Å². The van der Waals surface area contributed by atoms with Gasteiger partial charge in [0.2, 0.25) is 0 Å². The van der Waals surface area contributed by atoms with Crippen LogP contribution < -0.4 is 10.2 Å². The number of rotatable bonds is 7. The average molecular weight is 427 g/mol. The molecule has 156 valence electrons. The lowest BCUT2D eigenvalue weighted by molar-refractivity contribution is -0.120. The molecule has 2 aromatic rings. The Labute approximate surface area is 180 Å². The topological polar surface area (TPSA) is 75.7 Å². The molecule has 1 aliphatic rings. The maximum Gasteiger partial charge on any atom is 0.338 e. The second-order valence-corrected chi connectivity index (χ2v) is 7.60. The second kappa shape index (κ2) is 9.13. The highest BCUT2D eigenvalue weighted by molar-refractivity contribution is 6.53. The van der Waals surface area contributed by atoms with Crippen LogP contribution in [0.15, 0.2) is 59.3 Å². The molecule has 2 aromatic carbocycles. The zero-order valence-electron chi connectivity index (χ0n) is 17.1. The summed E-state index contributed by atoms with van der Waals surface area (Å²) in [6, 6.07) is 13.6. The van der Waals surface area contributed by atoms with Crippen LogP contribution in [0.3, 0.4) is 0 Å². The summed E-state index contributed by atoms with van der Waals surface area (Å²) in [7, 11) is 0. The van der Waals surface area contributed by atoms with Gasteiger partial charge in [0, 0.05) is 5.69 Å². The fourth-order valence-electron chi connectivity index (χ4n) is 2.97. The third-order valence-electron chi connectivity index (χ3n) is 4.67. The lowest BCUT2D eigenvalue weighted by Crippen LogP contribution is -2.32. The Bertz CT molecular complexity index is 995. The van der Waals surface area contributed by atoms with E-state index in [1.807, 2.05) is 31.2 Å². The molecule has 0 atom stereocenters. The molecule has 0 fully saturated rings. The SMILES string of the molecule is CCCOC(=O)c1ccc(N2C(=O)C(Cl)=C(Nc3ccc(C(C)C)cc3)C2=O)cc1. The van der Waals surface area contributed by atoms with Crippen LogP contribution in [-0.2, 0) is 14.3 Å². The molecule has 0 spiro atoms. The van der Waals surface area contributed by atoms with Crippen molar-refractivity contribution >= 4 is 40.8 Å². The fourth-order valence-corrected chi connectivity index (χ4v) is 3.18. The number of benzene rings is 2. The van der Waals surface area contributed by atoms with E-state index in [0.717, 1.165) is 16.9 Å². The lowest BCUT2D eigenvalue weighted by Gasteiger charge is -2.15. The number of esters is 1. The van der Waals surface area contributed by atoms with Crippen LogP contribution in [-0.4, -0.2) is 24.4 Å². The summed E-state index contributed by atoms with van der Waals surface area (Å²) in [4.78, 5) is 38.4. The van der Waals surface area contributed by atoms with Crippen LogP contribution >= 0.6 is 11.6 Å².